The molecule has 2 aromatic rings. The maximum absolute atomic E-state index is 10.7. The van der Waals surface area contributed by atoms with Gasteiger partial charge in [0.25, 0.3) is 0 Å². The number of hydrogen-bond acceptors (Lipinski definition) is 3. The molecular weight excluding hydrogens is 323 g/mol. The zero-order valence-corrected chi connectivity index (χ0v) is 11.5. The van der Waals surface area contributed by atoms with Crippen molar-refractivity contribution in [2.45, 2.75) is 6.92 Å². The van der Waals surface area contributed by atoms with E-state index in [0.717, 1.165) is 4.47 Å². The Kier molecular flexibility index (Phi) is 3.58. The zero-order valence-electron chi connectivity index (χ0n) is 9.20. The van der Waals surface area contributed by atoms with Crippen LogP contribution in [0.15, 0.2) is 27.2 Å². The first kappa shape index (κ1) is 12.9. The van der Waals surface area contributed by atoms with Gasteiger partial charge in [-0.3, -0.25) is 5.32 Å². The molecule has 18 heavy (non-hydrogen) atoms. The molecule has 5 nitrogen and oxygen atoms in total. The minimum atomic E-state index is -1.18. The van der Waals surface area contributed by atoms with Gasteiger partial charge in [-0.1, -0.05) is 32.7 Å². The normalized spacial score (nSPS) is 10.4. The van der Waals surface area contributed by atoms with Crippen molar-refractivity contribution in [3.63, 3.8) is 0 Å². The molecular formula is C11H8BrClN2O3. The van der Waals surface area contributed by atoms with Gasteiger partial charge in [-0.05, 0) is 25.1 Å². The molecule has 2 rings (SSSR count). The molecule has 1 aromatic heterocycles. The fraction of sp³-hybridized carbons (Fsp3) is 0.0909. The highest BCUT2D eigenvalue weighted by molar-refractivity contribution is 9.10. The third-order valence-corrected chi connectivity index (χ3v) is 3.08. The van der Waals surface area contributed by atoms with E-state index in [9.17, 15) is 4.79 Å². The highest BCUT2D eigenvalue weighted by Crippen LogP contribution is 2.36. The van der Waals surface area contributed by atoms with Crippen molar-refractivity contribution in [1.29, 1.82) is 0 Å². The van der Waals surface area contributed by atoms with Crippen molar-refractivity contribution in [1.82, 2.24) is 5.16 Å². The SMILES string of the molecule is Cc1noc(-c2ccc(Br)cc2Cl)c1NC(=O)O. The summed E-state index contributed by atoms with van der Waals surface area (Å²) >= 11 is 9.38. The van der Waals surface area contributed by atoms with Crippen LogP contribution in [0.2, 0.25) is 5.02 Å². The van der Waals surface area contributed by atoms with E-state index in [0.29, 0.717) is 27.7 Å². The summed E-state index contributed by atoms with van der Waals surface area (Å²) in [5, 5.41) is 15.2. The number of aromatic nitrogens is 1. The molecule has 1 aromatic carbocycles. The fourth-order valence-corrected chi connectivity index (χ4v) is 2.24. The van der Waals surface area contributed by atoms with Crippen LogP contribution in [-0.2, 0) is 0 Å². The predicted octanol–water partition coefficient (Wildman–Crippen LogP) is 4.16. The van der Waals surface area contributed by atoms with Gasteiger partial charge in [-0.25, -0.2) is 4.79 Å². The molecule has 0 aliphatic carbocycles. The number of rotatable bonds is 2. The molecule has 1 heterocycles. The van der Waals surface area contributed by atoms with E-state index in [4.69, 9.17) is 21.2 Å². The van der Waals surface area contributed by atoms with Crippen LogP contribution in [0.3, 0.4) is 0 Å². The largest absolute Gasteiger partial charge is 0.465 e. The summed E-state index contributed by atoms with van der Waals surface area (Å²) in [4.78, 5) is 10.7. The summed E-state index contributed by atoms with van der Waals surface area (Å²) < 4.78 is 5.95. The van der Waals surface area contributed by atoms with Crippen molar-refractivity contribution in [2.24, 2.45) is 0 Å². The molecule has 0 radical (unpaired) electrons. The number of carboxylic acid groups (broad SMARTS) is 1. The topological polar surface area (TPSA) is 75.4 Å². The first-order valence-corrected chi connectivity index (χ1v) is 6.07. The van der Waals surface area contributed by atoms with E-state index in [-0.39, 0.29) is 0 Å². The van der Waals surface area contributed by atoms with Gasteiger partial charge in [0.15, 0.2) is 5.76 Å². The number of nitrogens with one attached hydrogen (secondary N) is 1. The molecule has 0 saturated heterocycles. The van der Waals surface area contributed by atoms with Crippen LogP contribution in [0.4, 0.5) is 10.5 Å². The van der Waals surface area contributed by atoms with E-state index in [2.05, 4.69) is 26.4 Å². The number of carbonyl (C=O) groups is 1. The van der Waals surface area contributed by atoms with Crippen LogP contribution >= 0.6 is 27.5 Å². The number of amides is 1. The second-order valence-corrected chi connectivity index (χ2v) is 4.85. The Morgan fingerprint density at radius 2 is 2.28 bits per heavy atom. The Hall–Kier alpha value is -1.53. The van der Waals surface area contributed by atoms with Crippen molar-refractivity contribution in [3.8, 4) is 11.3 Å². The van der Waals surface area contributed by atoms with E-state index in [1.807, 2.05) is 0 Å². The van der Waals surface area contributed by atoms with Gasteiger partial charge in [0.1, 0.15) is 11.4 Å². The quantitative estimate of drug-likeness (QED) is 0.866. The molecule has 0 saturated carbocycles. The number of aryl methyl sites for hydroxylation is 1. The Bertz CT molecular complexity index is 612. The standard InChI is InChI=1S/C11H8BrClN2O3/c1-5-9(14-11(16)17)10(18-15-5)7-3-2-6(12)4-8(7)13/h2-4,14H,1H3,(H,16,17). The molecule has 0 atom stereocenters. The van der Waals surface area contributed by atoms with Crippen LogP contribution in [0.5, 0.6) is 0 Å². The lowest BCUT2D eigenvalue weighted by atomic mass is 10.1. The second kappa shape index (κ2) is 4.99. The average Bonchev–Trinajstić information content (AvgIpc) is 2.60. The first-order chi connectivity index (χ1) is 8.49. The number of benzene rings is 1. The maximum atomic E-state index is 10.7. The van der Waals surface area contributed by atoms with Gasteiger partial charge in [-0.15, -0.1) is 0 Å². The molecule has 0 bridgehead atoms. The Morgan fingerprint density at radius 3 is 2.89 bits per heavy atom. The molecule has 0 aliphatic heterocycles. The average molecular weight is 332 g/mol. The van der Waals surface area contributed by atoms with E-state index in [1.54, 1.807) is 25.1 Å². The smallest absolute Gasteiger partial charge is 0.409 e. The van der Waals surface area contributed by atoms with Crippen LogP contribution < -0.4 is 5.32 Å². The van der Waals surface area contributed by atoms with Gasteiger partial charge in [0.05, 0.1) is 5.02 Å². The van der Waals surface area contributed by atoms with E-state index >= 15 is 0 Å². The van der Waals surface area contributed by atoms with Crippen LogP contribution in [-0.4, -0.2) is 16.4 Å². The lowest BCUT2D eigenvalue weighted by Crippen LogP contribution is -2.08. The monoisotopic (exact) mass is 330 g/mol. The molecule has 2 N–H and O–H groups in total. The third-order valence-electron chi connectivity index (χ3n) is 2.27. The summed E-state index contributed by atoms with van der Waals surface area (Å²) in [5.41, 5.74) is 1.32. The maximum Gasteiger partial charge on any atom is 0.409 e. The summed E-state index contributed by atoms with van der Waals surface area (Å²) in [7, 11) is 0. The molecule has 0 spiro atoms. The fourth-order valence-electron chi connectivity index (χ4n) is 1.48. The lowest BCUT2D eigenvalue weighted by Gasteiger charge is -2.04. The third kappa shape index (κ3) is 2.49. The summed E-state index contributed by atoms with van der Waals surface area (Å²) in [6, 6.07) is 5.20. The Morgan fingerprint density at radius 1 is 1.56 bits per heavy atom. The van der Waals surface area contributed by atoms with Crippen molar-refractivity contribution in [3.05, 3.63) is 33.4 Å². The molecule has 7 heteroatoms. The molecule has 0 aliphatic rings. The summed E-state index contributed by atoms with van der Waals surface area (Å²) in [5.74, 6) is 0.299. The Labute approximate surface area is 116 Å². The first-order valence-electron chi connectivity index (χ1n) is 4.90. The highest BCUT2D eigenvalue weighted by atomic mass is 79.9. The van der Waals surface area contributed by atoms with E-state index in [1.165, 1.54) is 0 Å². The number of anilines is 1. The van der Waals surface area contributed by atoms with Gasteiger partial charge in [0, 0.05) is 10.0 Å². The summed E-state index contributed by atoms with van der Waals surface area (Å²) in [6.07, 6.45) is -1.18. The van der Waals surface area contributed by atoms with Crippen molar-refractivity contribution >= 4 is 39.3 Å². The summed E-state index contributed by atoms with van der Waals surface area (Å²) in [6.45, 7) is 1.64. The minimum Gasteiger partial charge on any atom is -0.465 e. The molecule has 1 amide bonds. The van der Waals surface area contributed by atoms with Crippen molar-refractivity contribution < 1.29 is 14.4 Å². The van der Waals surface area contributed by atoms with Crippen LogP contribution in [0.1, 0.15) is 5.69 Å². The van der Waals surface area contributed by atoms with E-state index < -0.39 is 6.09 Å². The van der Waals surface area contributed by atoms with Gasteiger partial charge >= 0.3 is 6.09 Å². The van der Waals surface area contributed by atoms with Crippen LogP contribution in [0, 0.1) is 6.92 Å². The molecule has 94 valence electrons. The molecule has 0 fully saturated rings. The van der Waals surface area contributed by atoms with Gasteiger partial charge in [0.2, 0.25) is 0 Å². The lowest BCUT2D eigenvalue weighted by molar-refractivity contribution is 0.209. The number of hydrogen-bond donors (Lipinski definition) is 2. The molecule has 0 unspecified atom stereocenters. The predicted molar refractivity (Wildman–Crippen MR) is 71.0 cm³/mol. The van der Waals surface area contributed by atoms with Gasteiger partial charge < -0.3 is 9.63 Å². The number of halogens is 2. The zero-order chi connectivity index (χ0) is 13.3. The highest BCUT2D eigenvalue weighted by Gasteiger charge is 2.19. The second-order valence-electron chi connectivity index (χ2n) is 3.53. The Balaban J connectivity index is 2.53. The van der Waals surface area contributed by atoms with Gasteiger partial charge in [-0.2, -0.15) is 0 Å². The number of nitrogens with zero attached hydrogens (tertiary/aromatic N) is 1. The van der Waals surface area contributed by atoms with Crippen molar-refractivity contribution in [2.75, 3.05) is 5.32 Å². The minimum absolute atomic E-state index is 0.298. The van der Waals surface area contributed by atoms with Crippen LogP contribution in [0.25, 0.3) is 11.3 Å².